The van der Waals surface area contributed by atoms with Crippen molar-refractivity contribution in [3.05, 3.63) is 72.7 Å². The number of nitrogens with zero attached hydrogens (tertiary/aromatic N) is 6. The van der Waals surface area contributed by atoms with E-state index in [1.54, 1.807) is 0 Å². The molecule has 63 heavy (non-hydrogen) atoms. The summed E-state index contributed by atoms with van der Waals surface area (Å²) in [4.78, 5) is 3.22. The van der Waals surface area contributed by atoms with E-state index in [2.05, 4.69) is 49.3 Å². The van der Waals surface area contributed by atoms with E-state index in [1.165, 1.54) is 0 Å². The smallest absolute Gasteiger partial charge is 0.744 e. The maximum atomic E-state index is 13.6. The maximum Gasteiger partial charge on any atom is 1.00 e. The van der Waals surface area contributed by atoms with Gasteiger partial charge < -0.3 is 35.1 Å². The quantitative estimate of drug-likeness (QED) is 0.00790. The normalized spacial score (nSPS) is 12.0. The standard InChI is InChI=1S/C28H22F2N8O16S5.4Li/c29-21-12-22(34-28(30)33-21)32-15-3-6-19(57(43,44)45)17(11-15)36-37-25-18(55-54-53-40)9-13-10-20(58(46,47)48)26(24(31)23(13)27(25)39)38-35-14-1-4-16(5-2-14)56(41,42)8-7-52-59(49,50)51;;;;/h1-6,9-12,39-40H,7-8,31H2,(H,32,33,34)(H,43,44,45)(H,46,47,48)(H,49,50,51);;;;/q;4*+1/p-4. The van der Waals surface area contributed by atoms with Crippen molar-refractivity contribution < 1.29 is 155 Å². The van der Waals surface area contributed by atoms with Gasteiger partial charge in [0.15, 0.2) is 15.6 Å². The van der Waals surface area contributed by atoms with E-state index < -0.39 is 119 Å². The second-order valence-corrected chi connectivity index (χ2v) is 17.6. The third-order valence-corrected chi connectivity index (χ3v) is 11.7. The number of anilines is 3. The predicted molar refractivity (Wildman–Crippen MR) is 188 cm³/mol. The molecule has 0 aliphatic carbocycles. The van der Waals surface area contributed by atoms with Crippen molar-refractivity contribution in [3.8, 4) is 5.75 Å². The predicted octanol–water partition coefficient (Wildman–Crippen LogP) is -8.92. The van der Waals surface area contributed by atoms with Gasteiger partial charge in [-0.2, -0.15) is 28.2 Å². The Bertz CT molecular complexity index is 2980. The van der Waals surface area contributed by atoms with E-state index in [0.29, 0.717) is 12.1 Å². The molecule has 0 saturated carbocycles. The number of azo groups is 2. The van der Waals surface area contributed by atoms with E-state index in [1.807, 2.05) is 0 Å². The summed E-state index contributed by atoms with van der Waals surface area (Å²) in [6.07, 6.45) is -1.47. The van der Waals surface area contributed by atoms with E-state index in [0.717, 1.165) is 48.5 Å². The van der Waals surface area contributed by atoms with E-state index in [-0.39, 0.29) is 109 Å². The number of halogens is 2. The number of aromatic nitrogens is 2. The fourth-order valence-corrected chi connectivity index (χ4v) is 8.02. The number of sulfone groups is 1. The first-order valence-electron chi connectivity index (χ1n) is 15.0. The van der Waals surface area contributed by atoms with Crippen LogP contribution < -0.4 is 91.8 Å². The Balaban J connectivity index is 0.00000496. The van der Waals surface area contributed by atoms with Crippen molar-refractivity contribution >= 4 is 103 Å². The van der Waals surface area contributed by atoms with Crippen LogP contribution in [0.5, 0.6) is 5.75 Å². The Hall–Kier alpha value is -3.06. The molecule has 0 fully saturated rings. The molecule has 1 aromatic heterocycles. The summed E-state index contributed by atoms with van der Waals surface area (Å²) in [5.41, 5.74) is 2.81. The summed E-state index contributed by atoms with van der Waals surface area (Å²) in [7, 11) is -20.1. The average Bonchev–Trinajstić information content (AvgIpc) is 3.11. The van der Waals surface area contributed by atoms with Gasteiger partial charge in [0, 0.05) is 11.8 Å². The summed E-state index contributed by atoms with van der Waals surface area (Å²) >= 11 is 0.0408. The zero-order valence-corrected chi connectivity index (χ0v) is 36.4. The Morgan fingerprint density at radius 3 is 1.97 bits per heavy atom. The van der Waals surface area contributed by atoms with Gasteiger partial charge >= 0.3 is 81.5 Å². The Kier molecular flexibility index (Phi) is 21.5. The molecule has 5 rings (SSSR count). The first-order chi connectivity index (χ1) is 27.5. The first-order valence-corrected chi connectivity index (χ1v) is 21.6. The van der Waals surface area contributed by atoms with Crippen LogP contribution in [0.2, 0.25) is 0 Å². The minimum absolute atomic E-state index is 0. The zero-order valence-electron chi connectivity index (χ0n) is 32.3. The monoisotopic (exact) mass is 948 g/mol. The molecule has 0 aliphatic rings. The van der Waals surface area contributed by atoms with Crippen molar-refractivity contribution in [2.24, 2.45) is 20.5 Å². The van der Waals surface area contributed by atoms with Crippen molar-refractivity contribution in [2.45, 2.75) is 19.6 Å². The van der Waals surface area contributed by atoms with Gasteiger partial charge in [-0.05, 0) is 60.0 Å². The van der Waals surface area contributed by atoms with Crippen LogP contribution in [-0.4, -0.2) is 74.8 Å². The summed E-state index contributed by atoms with van der Waals surface area (Å²) in [6.45, 7) is -0.982. The number of rotatable bonds is 16. The fourth-order valence-electron chi connectivity index (χ4n) is 4.80. The number of fused-ring (bicyclic) bond motifs is 1. The molecule has 1 heterocycles. The molecule has 0 amide bonds. The molecule has 5 aromatic rings. The number of hydrogen-bond donors (Lipinski definition) is 3. The van der Waals surface area contributed by atoms with Gasteiger partial charge in [-0.25, -0.2) is 33.7 Å². The number of aromatic hydroxyl groups is 1. The number of phenolic OH excluding ortho intramolecular Hbond substituents is 1. The van der Waals surface area contributed by atoms with Crippen molar-refractivity contribution in [3.63, 3.8) is 0 Å². The summed E-state index contributed by atoms with van der Waals surface area (Å²) in [5, 5.41) is 42.0. The van der Waals surface area contributed by atoms with Gasteiger partial charge in [0.1, 0.15) is 43.1 Å². The minimum atomic E-state index is -5.46. The van der Waals surface area contributed by atoms with Crippen LogP contribution in [0.4, 0.5) is 48.7 Å². The topological polar surface area (TPSA) is 390 Å². The van der Waals surface area contributed by atoms with Crippen molar-refractivity contribution in [1.29, 1.82) is 0 Å². The van der Waals surface area contributed by atoms with Crippen molar-refractivity contribution in [2.75, 3.05) is 23.4 Å². The van der Waals surface area contributed by atoms with Gasteiger partial charge in [-0.1, -0.05) is 0 Å². The Morgan fingerprint density at radius 1 is 0.778 bits per heavy atom. The van der Waals surface area contributed by atoms with Crippen molar-refractivity contribution in [1.82, 2.24) is 9.97 Å². The molecular formula is C28H18F2Li4N8O16S5. The van der Waals surface area contributed by atoms with Gasteiger partial charge in [0.05, 0.1) is 60.7 Å². The molecule has 0 atom stereocenters. The molecule has 0 radical (unpaired) electrons. The number of hydrogen-bond acceptors (Lipinski definition) is 25. The molecular weight excluding hydrogens is 930 g/mol. The van der Waals surface area contributed by atoms with Gasteiger partial charge in [-0.15, -0.1) is 15.3 Å². The molecule has 35 heteroatoms. The number of nitrogens with one attached hydrogen (secondary N) is 1. The third kappa shape index (κ3) is 15.2. The maximum absolute atomic E-state index is 13.6. The molecule has 4 N–H and O–H groups in total. The molecule has 4 aromatic carbocycles. The summed E-state index contributed by atoms with van der Waals surface area (Å²) in [5.74, 6) is -3.66. The second kappa shape index (κ2) is 23.4. The zero-order chi connectivity index (χ0) is 43.5. The number of phenols is 1. The average molecular weight is 949 g/mol. The molecule has 0 aliphatic heterocycles. The summed E-state index contributed by atoms with van der Waals surface area (Å²) < 4.78 is 165. The fraction of sp³-hybridized carbons (Fsp3) is 0.0714. The molecule has 0 spiro atoms. The molecule has 314 valence electrons. The van der Waals surface area contributed by atoms with Gasteiger partial charge in [0.25, 0.3) is 0 Å². The third-order valence-electron chi connectivity index (χ3n) is 7.20. The van der Waals surface area contributed by atoms with Crippen LogP contribution in [0.3, 0.4) is 0 Å². The van der Waals surface area contributed by atoms with Gasteiger partial charge in [-0.3, -0.25) is 9.22 Å². The SMILES string of the molecule is Nc1c(N=Nc2ccc(S(=O)(=O)CCOS(=O)(=O)[O-])cc2)c(S(=O)(=O)[O-])cc2cc(SOO[O-])c(N=Nc3cc(Nc4cc(F)nc(F)n4)ccc3S(=O)(=O)[O-])c(O)c12.[Li+].[Li+].[Li+].[Li+]. The van der Waals surface area contributed by atoms with Gasteiger partial charge in [0.2, 0.25) is 16.3 Å². The first kappa shape index (κ1) is 58.0. The van der Waals surface area contributed by atoms with Crippen LogP contribution in [0.15, 0.2) is 101 Å². The van der Waals surface area contributed by atoms with Crippen LogP contribution in [-0.2, 0) is 54.0 Å². The molecule has 0 saturated heterocycles. The second-order valence-electron chi connectivity index (χ2n) is 11.0. The number of nitrogens with two attached hydrogens (primary N) is 1. The number of benzene rings is 4. The molecule has 24 nitrogen and oxygen atoms in total. The van der Waals surface area contributed by atoms with E-state index in [9.17, 15) is 66.5 Å². The van der Waals surface area contributed by atoms with Crippen LogP contribution in [0.1, 0.15) is 0 Å². The van der Waals surface area contributed by atoms with E-state index in [4.69, 9.17) is 5.73 Å². The van der Waals surface area contributed by atoms with Crippen LogP contribution in [0, 0.1) is 12.0 Å². The molecule has 0 bridgehead atoms. The van der Waals surface area contributed by atoms with E-state index >= 15 is 0 Å². The molecule has 0 unspecified atom stereocenters. The number of nitrogen functional groups attached to an aromatic ring is 1. The van der Waals surface area contributed by atoms with Crippen LogP contribution >= 0.6 is 12.0 Å². The minimum Gasteiger partial charge on any atom is -0.744 e. The summed E-state index contributed by atoms with van der Waals surface area (Å²) in [6, 6.07) is 8.96. The Morgan fingerprint density at radius 2 is 1.40 bits per heavy atom. The van der Waals surface area contributed by atoms with Crippen LogP contribution in [0.25, 0.3) is 10.8 Å². The largest absolute Gasteiger partial charge is 1.00 e. The Labute approximate surface area is 407 Å².